The number of rotatable bonds is 5. The lowest BCUT2D eigenvalue weighted by Crippen LogP contribution is -2.30. The Labute approximate surface area is 172 Å². The molecule has 2 heterocycles. The Morgan fingerprint density at radius 1 is 1.17 bits per heavy atom. The van der Waals surface area contributed by atoms with Gasteiger partial charge < -0.3 is 9.84 Å². The van der Waals surface area contributed by atoms with Gasteiger partial charge in [-0.2, -0.15) is 9.29 Å². The third kappa shape index (κ3) is 3.96. The van der Waals surface area contributed by atoms with E-state index in [-0.39, 0.29) is 28.3 Å². The fourth-order valence-electron chi connectivity index (χ4n) is 3.41. The van der Waals surface area contributed by atoms with Crippen LogP contribution in [0.15, 0.2) is 57.9 Å². The van der Waals surface area contributed by atoms with Crippen LogP contribution in [-0.4, -0.2) is 35.3 Å². The van der Waals surface area contributed by atoms with Crippen molar-refractivity contribution in [3.8, 4) is 11.4 Å². The van der Waals surface area contributed by atoms with E-state index >= 15 is 0 Å². The van der Waals surface area contributed by atoms with Crippen molar-refractivity contribution in [1.29, 1.82) is 0 Å². The molecule has 1 unspecified atom stereocenters. The molecule has 3 aromatic rings. The fourth-order valence-corrected chi connectivity index (χ4v) is 5.06. The standard InChI is InChI=1S/C20H19FN4O4S/c1-13(26)22-16-8-10-17(11-9-16)30(27,28)25-12-2-3-18(25)20-23-19(24-29-20)14-4-6-15(21)7-5-14/h4-11,18H,2-3,12H2,1H3,(H,22,26). The summed E-state index contributed by atoms with van der Waals surface area (Å²) in [4.78, 5) is 15.6. The molecule has 30 heavy (non-hydrogen) atoms. The number of nitrogens with zero attached hydrogens (tertiary/aromatic N) is 3. The lowest BCUT2D eigenvalue weighted by molar-refractivity contribution is -0.114. The van der Waals surface area contributed by atoms with Crippen LogP contribution in [0.2, 0.25) is 0 Å². The van der Waals surface area contributed by atoms with Gasteiger partial charge in [-0.3, -0.25) is 4.79 Å². The van der Waals surface area contributed by atoms with E-state index in [0.29, 0.717) is 30.6 Å². The lowest BCUT2D eigenvalue weighted by Gasteiger charge is -2.21. The highest BCUT2D eigenvalue weighted by molar-refractivity contribution is 7.89. The van der Waals surface area contributed by atoms with E-state index in [2.05, 4.69) is 15.5 Å². The van der Waals surface area contributed by atoms with Crippen LogP contribution >= 0.6 is 0 Å². The molecule has 0 saturated carbocycles. The molecule has 0 bridgehead atoms. The molecule has 1 aliphatic rings. The predicted octanol–water partition coefficient (Wildman–Crippen LogP) is 3.36. The molecule has 0 radical (unpaired) electrons. The van der Waals surface area contributed by atoms with E-state index in [9.17, 15) is 17.6 Å². The van der Waals surface area contributed by atoms with E-state index in [1.807, 2.05) is 0 Å². The summed E-state index contributed by atoms with van der Waals surface area (Å²) >= 11 is 0. The molecule has 1 fully saturated rings. The van der Waals surface area contributed by atoms with Crippen molar-refractivity contribution in [2.75, 3.05) is 11.9 Å². The first-order valence-corrected chi connectivity index (χ1v) is 10.8. The number of carbonyl (C=O) groups excluding carboxylic acids is 1. The normalized spacial score (nSPS) is 17.2. The van der Waals surface area contributed by atoms with Gasteiger partial charge in [-0.05, 0) is 61.4 Å². The van der Waals surface area contributed by atoms with Crippen LogP contribution < -0.4 is 5.32 Å². The zero-order valence-electron chi connectivity index (χ0n) is 16.1. The highest BCUT2D eigenvalue weighted by atomic mass is 32.2. The fraction of sp³-hybridized carbons (Fsp3) is 0.250. The summed E-state index contributed by atoms with van der Waals surface area (Å²) in [5.74, 6) is -0.141. The van der Waals surface area contributed by atoms with Gasteiger partial charge in [0.05, 0.1) is 4.90 Å². The second-order valence-electron chi connectivity index (χ2n) is 6.94. The van der Waals surface area contributed by atoms with E-state index in [1.165, 1.54) is 47.6 Å². The number of hydrogen-bond acceptors (Lipinski definition) is 6. The Hall–Kier alpha value is -3.11. The van der Waals surface area contributed by atoms with Gasteiger partial charge in [0.25, 0.3) is 0 Å². The van der Waals surface area contributed by atoms with Gasteiger partial charge in [0.2, 0.25) is 27.6 Å². The number of benzene rings is 2. The van der Waals surface area contributed by atoms with Crippen LogP contribution in [0.1, 0.15) is 31.7 Å². The number of carbonyl (C=O) groups is 1. The Kier molecular flexibility index (Phi) is 5.35. The van der Waals surface area contributed by atoms with Crippen molar-refractivity contribution in [2.45, 2.75) is 30.7 Å². The maximum atomic E-state index is 13.2. The molecule has 1 N–H and O–H groups in total. The van der Waals surface area contributed by atoms with Crippen molar-refractivity contribution in [1.82, 2.24) is 14.4 Å². The van der Waals surface area contributed by atoms with Crippen molar-refractivity contribution >= 4 is 21.6 Å². The Morgan fingerprint density at radius 2 is 1.87 bits per heavy atom. The molecule has 10 heteroatoms. The van der Waals surface area contributed by atoms with Crippen molar-refractivity contribution in [2.24, 2.45) is 0 Å². The number of halogens is 1. The van der Waals surface area contributed by atoms with Crippen LogP contribution in [-0.2, 0) is 14.8 Å². The molecule has 4 rings (SSSR count). The molecule has 1 amide bonds. The third-order valence-corrected chi connectivity index (χ3v) is 6.74. The monoisotopic (exact) mass is 430 g/mol. The molecular weight excluding hydrogens is 411 g/mol. The SMILES string of the molecule is CC(=O)Nc1ccc(S(=O)(=O)N2CCCC2c2nc(-c3ccc(F)cc3)no2)cc1. The first-order chi connectivity index (χ1) is 14.3. The molecule has 1 aliphatic heterocycles. The Balaban J connectivity index is 1.58. The van der Waals surface area contributed by atoms with Crippen LogP contribution in [0, 0.1) is 5.82 Å². The number of anilines is 1. The largest absolute Gasteiger partial charge is 0.337 e. The molecule has 2 aromatic carbocycles. The molecule has 156 valence electrons. The Bertz CT molecular complexity index is 1160. The maximum Gasteiger partial charge on any atom is 0.245 e. The number of sulfonamides is 1. The van der Waals surface area contributed by atoms with Crippen LogP contribution in [0.3, 0.4) is 0 Å². The summed E-state index contributed by atoms with van der Waals surface area (Å²) < 4.78 is 46.2. The van der Waals surface area contributed by atoms with E-state index in [0.717, 1.165) is 0 Å². The van der Waals surface area contributed by atoms with Crippen LogP contribution in [0.5, 0.6) is 0 Å². The highest BCUT2D eigenvalue weighted by Crippen LogP contribution is 2.36. The minimum atomic E-state index is -3.80. The molecule has 0 aliphatic carbocycles. The van der Waals surface area contributed by atoms with Crippen LogP contribution in [0.4, 0.5) is 10.1 Å². The van der Waals surface area contributed by atoms with Gasteiger partial charge in [0.1, 0.15) is 11.9 Å². The summed E-state index contributed by atoms with van der Waals surface area (Å²) in [6.45, 7) is 1.71. The topological polar surface area (TPSA) is 105 Å². The minimum absolute atomic E-state index is 0.113. The van der Waals surface area contributed by atoms with E-state index in [4.69, 9.17) is 4.52 Å². The first kappa shape index (κ1) is 20.2. The molecule has 8 nitrogen and oxygen atoms in total. The van der Waals surface area contributed by atoms with Gasteiger partial charge >= 0.3 is 0 Å². The Morgan fingerprint density at radius 3 is 2.53 bits per heavy atom. The van der Waals surface area contributed by atoms with Gasteiger partial charge in [-0.15, -0.1) is 0 Å². The summed E-state index contributed by atoms with van der Waals surface area (Å²) in [6, 6.07) is 11.1. The molecule has 1 saturated heterocycles. The van der Waals surface area contributed by atoms with Crippen molar-refractivity contribution in [3.63, 3.8) is 0 Å². The first-order valence-electron chi connectivity index (χ1n) is 9.33. The zero-order valence-corrected chi connectivity index (χ0v) is 16.9. The molecule has 0 spiro atoms. The van der Waals surface area contributed by atoms with Gasteiger partial charge in [-0.25, -0.2) is 12.8 Å². The molecular formula is C20H19FN4O4S. The van der Waals surface area contributed by atoms with E-state index in [1.54, 1.807) is 12.1 Å². The van der Waals surface area contributed by atoms with Gasteiger partial charge in [-0.1, -0.05) is 5.16 Å². The summed E-state index contributed by atoms with van der Waals surface area (Å²) in [6.07, 6.45) is 1.20. The van der Waals surface area contributed by atoms with Crippen molar-refractivity contribution < 1.29 is 22.1 Å². The quantitative estimate of drug-likeness (QED) is 0.665. The van der Waals surface area contributed by atoms with Crippen molar-refractivity contribution in [3.05, 3.63) is 60.2 Å². The second kappa shape index (κ2) is 7.96. The maximum absolute atomic E-state index is 13.2. The average Bonchev–Trinajstić information content (AvgIpc) is 3.38. The average molecular weight is 430 g/mol. The highest BCUT2D eigenvalue weighted by Gasteiger charge is 2.39. The number of aromatic nitrogens is 2. The number of nitrogens with one attached hydrogen (secondary N) is 1. The third-order valence-electron chi connectivity index (χ3n) is 4.81. The predicted molar refractivity (Wildman–Crippen MR) is 106 cm³/mol. The summed E-state index contributed by atoms with van der Waals surface area (Å²) in [5.41, 5.74) is 1.09. The summed E-state index contributed by atoms with van der Waals surface area (Å²) in [7, 11) is -3.80. The number of hydrogen-bond donors (Lipinski definition) is 1. The molecule has 1 aromatic heterocycles. The van der Waals surface area contributed by atoms with Crippen LogP contribution in [0.25, 0.3) is 11.4 Å². The summed E-state index contributed by atoms with van der Waals surface area (Å²) in [5, 5.41) is 6.52. The zero-order chi connectivity index (χ0) is 21.3. The second-order valence-corrected chi connectivity index (χ2v) is 8.83. The van der Waals surface area contributed by atoms with E-state index < -0.39 is 16.1 Å². The van der Waals surface area contributed by atoms with Gasteiger partial charge in [0, 0.05) is 24.7 Å². The smallest absolute Gasteiger partial charge is 0.245 e. The number of amides is 1. The lowest BCUT2D eigenvalue weighted by atomic mass is 10.2. The minimum Gasteiger partial charge on any atom is -0.337 e. The van der Waals surface area contributed by atoms with Gasteiger partial charge in [0.15, 0.2) is 0 Å². The molecule has 1 atom stereocenters.